The number of nitrogens with zero attached hydrogens (tertiary/aromatic N) is 2. The van der Waals surface area contributed by atoms with Crippen molar-refractivity contribution >= 4 is 16.9 Å². The average Bonchev–Trinajstić information content (AvgIpc) is 2.63. The number of methoxy groups -OCH3 is 1. The van der Waals surface area contributed by atoms with Gasteiger partial charge in [0, 0.05) is 38.1 Å². The Bertz CT molecular complexity index is 709. The second-order valence-corrected chi connectivity index (χ2v) is 5.93. The standard InChI is InChI=1S/C19H24N2O3/c1-3-24-19(22)21-12-10-20(11-13-21)14-15-8-9-18(23-2)17-7-5-4-6-16(15)17/h4-9H,3,10-14H2,1-2H3. The van der Waals surface area contributed by atoms with E-state index in [1.54, 1.807) is 12.0 Å². The molecule has 0 N–H and O–H groups in total. The molecule has 0 spiro atoms. The molecule has 5 heteroatoms. The summed E-state index contributed by atoms with van der Waals surface area (Å²) < 4.78 is 10.5. The lowest BCUT2D eigenvalue weighted by Crippen LogP contribution is -2.48. The maximum absolute atomic E-state index is 11.8. The second kappa shape index (κ2) is 7.53. The molecule has 1 fully saturated rings. The Labute approximate surface area is 142 Å². The minimum Gasteiger partial charge on any atom is -0.496 e. The van der Waals surface area contributed by atoms with Crippen LogP contribution in [0.2, 0.25) is 0 Å². The van der Waals surface area contributed by atoms with Gasteiger partial charge in [-0.2, -0.15) is 0 Å². The Morgan fingerprint density at radius 2 is 1.75 bits per heavy atom. The molecule has 1 amide bonds. The molecule has 5 nitrogen and oxygen atoms in total. The number of amides is 1. The van der Waals surface area contributed by atoms with Gasteiger partial charge in [0.15, 0.2) is 0 Å². The fourth-order valence-electron chi connectivity index (χ4n) is 3.19. The molecule has 0 aromatic heterocycles. The number of carbonyl (C=O) groups is 1. The number of ether oxygens (including phenoxy) is 2. The summed E-state index contributed by atoms with van der Waals surface area (Å²) in [6, 6.07) is 12.5. The zero-order valence-corrected chi connectivity index (χ0v) is 14.3. The smallest absolute Gasteiger partial charge is 0.409 e. The largest absolute Gasteiger partial charge is 0.496 e. The molecule has 1 saturated heterocycles. The van der Waals surface area contributed by atoms with Crippen LogP contribution in [0.1, 0.15) is 12.5 Å². The van der Waals surface area contributed by atoms with E-state index in [1.165, 1.54) is 10.9 Å². The van der Waals surface area contributed by atoms with Gasteiger partial charge in [-0.3, -0.25) is 4.90 Å². The lowest BCUT2D eigenvalue weighted by atomic mass is 10.0. The number of rotatable bonds is 4. The number of fused-ring (bicyclic) bond motifs is 1. The fraction of sp³-hybridized carbons (Fsp3) is 0.421. The number of hydrogen-bond acceptors (Lipinski definition) is 4. The van der Waals surface area contributed by atoms with Gasteiger partial charge in [0.1, 0.15) is 5.75 Å². The molecule has 1 aliphatic heterocycles. The average molecular weight is 328 g/mol. The van der Waals surface area contributed by atoms with Crippen LogP contribution in [0.5, 0.6) is 5.75 Å². The lowest BCUT2D eigenvalue weighted by Gasteiger charge is -2.34. The van der Waals surface area contributed by atoms with Crippen LogP contribution in [0.25, 0.3) is 10.8 Å². The first-order chi connectivity index (χ1) is 11.7. The molecule has 0 radical (unpaired) electrons. The zero-order chi connectivity index (χ0) is 16.9. The normalized spacial score (nSPS) is 15.5. The molecule has 2 aromatic rings. The quantitative estimate of drug-likeness (QED) is 0.865. The van der Waals surface area contributed by atoms with Crippen molar-refractivity contribution in [3.05, 3.63) is 42.0 Å². The van der Waals surface area contributed by atoms with E-state index in [2.05, 4.69) is 29.2 Å². The molecule has 2 aromatic carbocycles. The van der Waals surface area contributed by atoms with Gasteiger partial charge in [-0.15, -0.1) is 0 Å². The van der Waals surface area contributed by atoms with E-state index in [-0.39, 0.29) is 6.09 Å². The van der Waals surface area contributed by atoms with Crippen molar-refractivity contribution in [3.63, 3.8) is 0 Å². The first-order valence-electron chi connectivity index (χ1n) is 8.41. The number of carbonyl (C=O) groups excluding carboxylic acids is 1. The Morgan fingerprint density at radius 1 is 1.04 bits per heavy atom. The molecule has 1 aliphatic rings. The van der Waals surface area contributed by atoms with Crippen molar-refractivity contribution in [3.8, 4) is 5.75 Å². The predicted octanol–water partition coefficient (Wildman–Crippen LogP) is 3.12. The summed E-state index contributed by atoms with van der Waals surface area (Å²) in [6.07, 6.45) is -0.202. The van der Waals surface area contributed by atoms with Crippen LogP contribution >= 0.6 is 0 Å². The van der Waals surface area contributed by atoms with Crippen LogP contribution in [0.4, 0.5) is 4.79 Å². The highest BCUT2D eigenvalue weighted by Crippen LogP contribution is 2.29. The van der Waals surface area contributed by atoms with E-state index in [9.17, 15) is 4.79 Å². The molecule has 1 heterocycles. The Morgan fingerprint density at radius 3 is 2.42 bits per heavy atom. The van der Waals surface area contributed by atoms with E-state index in [0.717, 1.165) is 30.8 Å². The topological polar surface area (TPSA) is 42.0 Å². The number of benzene rings is 2. The second-order valence-electron chi connectivity index (χ2n) is 5.93. The molecular weight excluding hydrogens is 304 g/mol. The summed E-state index contributed by atoms with van der Waals surface area (Å²) in [4.78, 5) is 15.9. The van der Waals surface area contributed by atoms with E-state index in [0.29, 0.717) is 19.7 Å². The summed E-state index contributed by atoms with van der Waals surface area (Å²) >= 11 is 0. The van der Waals surface area contributed by atoms with Crippen molar-refractivity contribution in [1.29, 1.82) is 0 Å². The summed E-state index contributed by atoms with van der Waals surface area (Å²) in [7, 11) is 1.70. The van der Waals surface area contributed by atoms with Gasteiger partial charge in [0.2, 0.25) is 0 Å². The van der Waals surface area contributed by atoms with Gasteiger partial charge in [-0.25, -0.2) is 4.79 Å². The van der Waals surface area contributed by atoms with Crippen molar-refractivity contribution < 1.29 is 14.3 Å². The summed E-state index contributed by atoms with van der Waals surface area (Å²) in [5.74, 6) is 0.904. The third-order valence-corrected chi connectivity index (χ3v) is 4.49. The highest BCUT2D eigenvalue weighted by molar-refractivity contribution is 5.91. The van der Waals surface area contributed by atoms with Crippen LogP contribution in [-0.4, -0.2) is 55.8 Å². The van der Waals surface area contributed by atoms with Crippen LogP contribution in [0.3, 0.4) is 0 Å². The highest BCUT2D eigenvalue weighted by atomic mass is 16.6. The van der Waals surface area contributed by atoms with Gasteiger partial charge in [-0.05, 0) is 23.9 Å². The third kappa shape index (κ3) is 3.46. The van der Waals surface area contributed by atoms with Crippen molar-refractivity contribution in [2.45, 2.75) is 13.5 Å². The minimum absolute atomic E-state index is 0.202. The van der Waals surface area contributed by atoms with E-state index in [1.807, 2.05) is 19.1 Å². The molecule has 24 heavy (non-hydrogen) atoms. The predicted molar refractivity (Wildman–Crippen MR) is 94.4 cm³/mol. The molecule has 0 aliphatic carbocycles. The Hall–Kier alpha value is -2.27. The lowest BCUT2D eigenvalue weighted by molar-refractivity contribution is 0.0779. The van der Waals surface area contributed by atoms with Gasteiger partial charge in [-0.1, -0.05) is 30.3 Å². The monoisotopic (exact) mass is 328 g/mol. The molecular formula is C19H24N2O3. The van der Waals surface area contributed by atoms with Crippen LogP contribution < -0.4 is 4.74 Å². The number of piperazine rings is 1. The van der Waals surface area contributed by atoms with Crippen LogP contribution in [0.15, 0.2) is 36.4 Å². The molecule has 0 atom stereocenters. The highest BCUT2D eigenvalue weighted by Gasteiger charge is 2.22. The van der Waals surface area contributed by atoms with Gasteiger partial charge in [0.05, 0.1) is 13.7 Å². The van der Waals surface area contributed by atoms with Gasteiger partial charge in [0.25, 0.3) is 0 Å². The van der Waals surface area contributed by atoms with Gasteiger partial charge >= 0.3 is 6.09 Å². The summed E-state index contributed by atoms with van der Waals surface area (Å²) in [5.41, 5.74) is 1.29. The Kier molecular flexibility index (Phi) is 5.20. The molecule has 0 unspecified atom stereocenters. The first-order valence-corrected chi connectivity index (χ1v) is 8.41. The van der Waals surface area contributed by atoms with Crippen molar-refractivity contribution in [1.82, 2.24) is 9.80 Å². The van der Waals surface area contributed by atoms with Crippen LogP contribution in [0, 0.1) is 0 Å². The first kappa shape index (κ1) is 16.6. The summed E-state index contributed by atoms with van der Waals surface area (Å²) in [6.45, 7) is 6.29. The maximum Gasteiger partial charge on any atom is 0.409 e. The third-order valence-electron chi connectivity index (χ3n) is 4.49. The molecule has 3 rings (SSSR count). The van der Waals surface area contributed by atoms with Crippen molar-refractivity contribution in [2.24, 2.45) is 0 Å². The van der Waals surface area contributed by atoms with Gasteiger partial charge < -0.3 is 14.4 Å². The Balaban J connectivity index is 1.70. The van der Waals surface area contributed by atoms with E-state index in [4.69, 9.17) is 9.47 Å². The van der Waals surface area contributed by atoms with Crippen LogP contribution in [-0.2, 0) is 11.3 Å². The summed E-state index contributed by atoms with van der Waals surface area (Å²) in [5, 5.41) is 2.37. The number of hydrogen-bond donors (Lipinski definition) is 0. The minimum atomic E-state index is -0.202. The van der Waals surface area contributed by atoms with Crippen molar-refractivity contribution in [2.75, 3.05) is 39.9 Å². The van der Waals surface area contributed by atoms with E-state index >= 15 is 0 Å². The molecule has 0 saturated carbocycles. The molecule has 0 bridgehead atoms. The van der Waals surface area contributed by atoms with E-state index < -0.39 is 0 Å². The molecule has 128 valence electrons. The zero-order valence-electron chi connectivity index (χ0n) is 14.3. The SMILES string of the molecule is CCOC(=O)N1CCN(Cc2ccc(OC)c3ccccc23)CC1. The fourth-order valence-corrected chi connectivity index (χ4v) is 3.19. The maximum atomic E-state index is 11.8.